The Morgan fingerprint density at radius 3 is 2.77 bits per heavy atom. The number of nitrogens with one attached hydrogen (secondary N) is 1. The van der Waals surface area contributed by atoms with Crippen molar-refractivity contribution in [2.75, 3.05) is 0 Å². The normalized spacial score (nSPS) is 10.8. The highest BCUT2D eigenvalue weighted by atomic mass is 35.5. The van der Waals surface area contributed by atoms with Crippen molar-refractivity contribution in [3.8, 4) is 5.75 Å². The lowest BCUT2D eigenvalue weighted by Gasteiger charge is -2.08. The maximum atomic E-state index is 12.2. The summed E-state index contributed by atoms with van der Waals surface area (Å²) >= 11 is 12.0. The Hall–Kier alpha value is -2.51. The van der Waals surface area contributed by atoms with Crippen molar-refractivity contribution in [2.45, 2.75) is 20.2 Å². The fourth-order valence-electron chi connectivity index (χ4n) is 2.29. The molecule has 1 N–H and O–H groups in total. The van der Waals surface area contributed by atoms with Gasteiger partial charge in [-0.1, -0.05) is 23.2 Å². The van der Waals surface area contributed by atoms with Crippen LogP contribution in [0, 0.1) is 6.92 Å². The molecule has 0 aliphatic heterocycles. The average molecular weight is 394 g/mol. The fourth-order valence-corrected chi connectivity index (χ4v) is 2.64. The molecule has 0 saturated carbocycles. The van der Waals surface area contributed by atoms with Gasteiger partial charge in [0.1, 0.15) is 11.4 Å². The molecule has 0 atom stereocenters. The monoisotopic (exact) mass is 393 g/mol. The molecule has 3 rings (SSSR count). The van der Waals surface area contributed by atoms with Crippen LogP contribution >= 0.6 is 23.2 Å². The van der Waals surface area contributed by atoms with E-state index in [0.717, 1.165) is 11.3 Å². The van der Waals surface area contributed by atoms with Gasteiger partial charge in [-0.3, -0.25) is 9.48 Å². The van der Waals surface area contributed by atoms with Gasteiger partial charge < -0.3 is 10.1 Å². The van der Waals surface area contributed by atoms with Crippen LogP contribution in [0.15, 0.2) is 36.7 Å². The SMILES string of the molecule is Cc1cc(OCn2ccc(C(=O)NCc3c(Cl)cnn3C)n2)ccc1Cl. The van der Waals surface area contributed by atoms with Crippen molar-refractivity contribution in [3.63, 3.8) is 0 Å². The molecule has 7 nitrogen and oxygen atoms in total. The quantitative estimate of drug-likeness (QED) is 0.697. The number of nitrogens with zero attached hydrogens (tertiary/aromatic N) is 4. The van der Waals surface area contributed by atoms with Crippen LogP contribution in [-0.2, 0) is 20.3 Å². The second-order valence-corrected chi connectivity index (χ2v) is 6.48. The lowest BCUT2D eigenvalue weighted by Crippen LogP contribution is -2.25. The van der Waals surface area contributed by atoms with Crippen molar-refractivity contribution < 1.29 is 9.53 Å². The Morgan fingerprint density at radius 1 is 1.27 bits per heavy atom. The summed E-state index contributed by atoms with van der Waals surface area (Å²) in [7, 11) is 1.76. The lowest BCUT2D eigenvalue weighted by atomic mass is 10.2. The van der Waals surface area contributed by atoms with E-state index >= 15 is 0 Å². The molecule has 0 spiro atoms. The minimum absolute atomic E-state index is 0.182. The number of carbonyl (C=O) groups excluding carboxylic acids is 1. The van der Waals surface area contributed by atoms with E-state index < -0.39 is 0 Å². The second kappa shape index (κ2) is 7.80. The number of benzene rings is 1. The first-order chi connectivity index (χ1) is 12.4. The van der Waals surface area contributed by atoms with Crippen molar-refractivity contribution in [1.29, 1.82) is 0 Å². The summed E-state index contributed by atoms with van der Waals surface area (Å²) in [5.74, 6) is 0.377. The zero-order chi connectivity index (χ0) is 18.7. The molecule has 136 valence electrons. The third kappa shape index (κ3) is 4.17. The van der Waals surface area contributed by atoms with E-state index in [0.29, 0.717) is 21.5 Å². The highest BCUT2D eigenvalue weighted by Crippen LogP contribution is 2.21. The molecule has 0 bridgehead atoms. The van der Waals surface area contributed by atoms with E-state index in [2.05, 4.69) is 15.5 Å². The molecule has 0 saturated heterocycles. The standard InChI is InChI=1S/C17H17Cl2N5O2/c1-11-7-12(3-4-13(11)18)26-10-24-6-5-15(22-24)17(25)20-9-16-14(19)8-21-23(16)2/h3-8H,9-10H2,1-2H3,(H,20,25). The van der Waals surface area contributed by atoms with Crippen LogP contribution in [0.4, 0.5) is 0 Å². The number of aryl methyl sites for hydroxylation is 2. The van der Waals surface area contributed by atoms with E-state index in [1.807, 2.05) is 13.0 Å². The number of carbonyl (C=O) groups is 1. The van der Waals surface area contributed by atoms with Gasteiger partial charge in [0, 0.05) is 18.3 Å². The summed E-state index contributed by atoms with van der Waals surface area (Å²) in [5.41, 5.74) is 1.94. The smallest absolute Gasteiger partial charge is 0.272 e. The Labute approximate surface area is 160 Å². The van der Waals surface area contributed by atoms with Crippen LogP contribution in [0.2, 0.25) is 10.0 Å². The fraction of sp³-hybridized carbons (Fsp3) is 0.235. The van der Waals surface area contributed by atoms with Gasteiger partial charge in [-0.05, 0) is 36.8 Å². The summed E-state index contributed by atoms with van der Waals surface area (Å²) in [6, 6.07) is 7.02. The van der Waals surface area contributed by atoms with Crippen molar-refractivity contribution >= 4 is 29.1 Å². The Kier molecular flexibility index (Phi) is 5.49. The highest BCUT2D eigenvalue weighted by Gasteiger charge is 2.12. The van der Waals surface area contributed by atoms with Gasteiger partial charge in [0.2, 0.25) is 0 Å². The van der Waals surface area contributed by atoms with E-state index in [4.69, 9.17) is 27.9 Å². The van der Waals surface area contributed by atoms with Gasteiger partial charge in [-0.2, -0.15) is 10.2 Å². The number of ether oxygens (including phenoxy) is 1. The summed E-state index contributed by atoms with van der Waals surface area (Å²) in [6.07, 6.45) is 3.21. The molecule has 0 unspecified atom stereocenters. The Morgan fingerprint density at radius 2 is 2.08 bits per heavy atom. The van der Waals surface area contributed by atoms with Crippen LogP contribution in [0.5, 0.6) is 5.75 Å². The molecule has 0 fully saturated rings. The third-order valence-corrected chi connectivity index (χ3v) is 4.53. The number of hydrogen-bond acceptors (Lipinski definition) is 4. The molecular formula is C17H17Cl2N5O2. The summed E-state index contributed by atoms with van der Waals surface area (Å²) in [6.45, 7) is 2.35. The predicted molar refractivity (Wildman–Crippen MR) is 98.4 cm³/mol. The Bertz CT molecular complexity index is 916. The topological polar surface area (TPSA) is 74.0 Å². The van der Waals surface area contributed by atoms with Crippen LogP contribution in [-0.4, -0.2) is 25.5 Å². The van der Waals surface area contributed by atoms with E-state index in [1.165, 1.54) is 10.9 Å². The molecule has 3 aromatic rings. The summed E-state index contributed by atoms with van der Waals surface area (Å²) in [5, 5.41) is 12.2. The molecular weight excluding hydrogens is 377 g/mol. The van der Waals surface area contributed by atoms with Crippen LogP contribution < -0.4 is 10.1 Å². The Balaban J connectivity index is 1.56. The zero-order valence-corrected chi connectivity index (χ0v) is 15.8. The summed E-state index contributed by atoms with van der Waals surface area (Å²) < 4.78 is 8.80. The predicted octanol–water partition coefficient (Wildman–Crippen LogP) is 3.20. The average Bonchev–Trinajstić information content (AvgIpc) is 3.21. The maximum Gasteiger partial charge on any atom is 0.272 e. The molecule has 2 heterocycles. The molecule has 0 aliphatic carbocycles. The van der Waals surface area contributed by atoms with Gasteiger partial charge in [-0.25, -0.2) is 4.68 Å². The maximum absolute atomic E-state index is 12.2. The van der Waals surface area contributed by atoms with Crippen molar-refractivity contribution in [2.24, 2.45) is 7.05 Å². The minimum Gasteiger partial charge on any atom is -0.471 e. The number of halogens is 2. The highest BCUT2D eigenvalue weighted by molar-refractivity contribution is 6.31. The van der Waals surface area contributed by atoms with Crippen molar-refractivity contribution in [1.82, 2.24) is 24.9 Å². The van der Waals surface area contributed by atoms with E-state index in [1.54, 1.807) is 36.1 Å². The summed E-state index contributed by atoms with van der Waals surface area (Å²) in [4.78, 5) is 12.2. The molecule has 0 aliphatic rings. The van der Waals surface area contributed by atoms with E-state index in [9.17, 15) is 4.79 Å². The third-order valence-electron chi connectivity index (χ3n) is 3.79. The molecule has 2 aromatic heterocycles. The molecule has 1 amide bonds. The van der Waals surface area contributed by atoms with Gasteiger partial charge >= 0.3 is 0 Å². The van der Waals surface area contributed by atoms with Crippen LogP contribution in [0.25, 0.3) is 0 Å². The first kappa shape index (κ1) is 18.3. The van der Waals surface area contributed by atoms with Gasteiger partial charge in [0.05, 0.1) is 23.5 Å². The molecule has 0 radical (unpaired) electrons. The first-order valence-corrected chi connectivity index (χ1v) is 8.56. The van der Waals surface area contributed by atoms with Crippen LogP contribution in [0.3, 0.4) is 0 Å². The van der Waals surface area contributed by atoms with Crippen LogP contribution in [0.1, 0.15) is 21.7 Å². The van der Waals surface area contributed by atoms with Gasteiger partial charge in [0.25, 0.3) is 5.91 Å². The number of amides is 1. The molecule has 1 aromatic carbocycles. The zero-order valence-electron chi connectivity index (χ0n) is 14.2. The molecule has 26 heavy (non-hydrogen) atoms. The van der Waals surface area contributed by atoms with Gasteiger partial charge in [0.15, 0.2) is 6.73 Å². The largest absolute Gasteiger partial charge is 0.471 e. The minimum atomic E-state index is -0.302. The second-order valence-electron chi connectivity index (χ2n) is 5.67. The number of aromatic nitrogens is 4. The van der Waals surface area contributed by atoms with E-state index in [-0.39, 0.29) is 19.2 Å². The number of rotatable bonds is 6. The number of hydrogen-bond donors (Lipinski definition) is 1. The molecule has 9 heteroatoms. The van der Waals surface area contributed by atoms with Crippen molar-refractivity contribution in [3.05, 3.63) is 63.7 Å². The first-order valence-electron chi connectivity index (χ1n) is 7.81. The lowest BCUT2D eigenvalue weighted by molar-refractivity contribution is 0.0943. The van der Waals surface area contributed by atoms with Gasteiger partial charge in [-0.15, -0.1) is 0 Å².